The van der Waals surface area contributed by atoms with E-state index in [2.05, 4.69) is 26.6 Å². The molecular formula is C17H19BrN2O2. The molecule has 116 valence electrons. The molecule has 0 fully saturated rings. The molecule has 2 amide bonds. The molecule has 0 atom stereocenters. The van der Waals surface area contributed by atoms with Crippen molar-refractivity contribution in [2.45, 2.75) is 13.8 Å². The first-order chi connectivity index (χ1) is 10.6. The van der Waals surface area contributed by atoms with Gasteiger partial charge in [-0.1, -0.05) is 40.2 Å². The predicted molar refractivity (Wildman–Crippen MR) is 92.6 cm³/mol. The molecule has 0 bridgehead atoms. The van der Waals surface area contributed by atoms with Crippen molar-refractivity contribution in [3.63, 3.8) is 0 Å². The van der Waals surface area contributed by atoms with Gasteiger partial charge in [0.15, 0.2) is 0 Å². The number of aryl methyl sites for hydroxylation is 2. The summed E-state index contributed by atoms with van der Waals surface area (Å²) in [5, 5.41) is 5.54. The molecular weight excluding hydrogens is 344 g/mol. The number of rotatable bonds is 5. The summed E-state index contributed by atoms with van der Waals surface area (Å²) < 4.78 is 6.66. The summed E-state index contributed by atoms with van der Waals surface area (Å²) in [6, 6.07) is 13.2. The Morgan fingerprint density at radius 2 is 1.82 bits per heavy atom. The zero-order chi connectivity index (χ0) is 15.9. The minimum Gasteiger partial charge on any atom is -0.491 e. The van der Waals surface area contributed by atoms with Gasteiger partial charge in [0.25, 0.3) is 0 Å². The van der Waals surface area contributed by atoms with E-state index in [9.17, 15) is 4.79 Å². The van der Waals surface area contributed by atoms with E-state index in [0.717, 1.165) is 27.0 Å². The molecule has 4 nitrogen and oxygen atoms in total. The maximum atomic E-state index is 11.8. The molecule has 0 unspecified atom stereocenters. The highest BCUT2D eigenvalue weighted by molar-refractivity contribution is 9.10. The Hall–Kier alpha value is -2.01. The summed E-state index contributed by atoms with van der Waals surface area (Å²) in [4.78, 5) is 11.8. The second kappa shape index (κ2) is 7.84. The third kappa shape index (κ3) is 4.77. The van der Waals surface area contributed by atoms with Gasteiger partial charge in [0.2, 0.25) is 0 Å². The topological polar surface area (TPSA) is 50.4 Å². The van der Waals surface area contributed by atoms with E-state index in [1.165, 1.54) is 0 Å². The largest absolute Gasteiger partial charge is 0.491 e. The first-order valence-corrected chi connectivity index (χ1v) is 7.85. The molecule has 0 radical (unpaired) electrons. The Labute approximate surface area is 139 Å². The van der Waals surface area contributed by atoms with Crippen LogP contribution in [0.15, 0.2) is 46.9 Å². The van der Waals surface area contributed by atoms with Crippen molar-refractivity contribution in [2.75, 3.05) is 18.5 Å². The quantitative estimate of drug-likeness (QED) is 0.780. The Kier molecular flexibility index (Phi) is 5.83. The lowest BCUT2D eigenvalue weighted by Gasteiger charge is -2.12. The van der Waals surface area contributed by atoms with Crippen molar-refractivity contribution in [1.82, 2.24) is 5.32 Å². The van der Waals surface area contributed by atoms with Gasteiger partial charge < -0.3 is 15.4 Å². The Bertz CT molecular complexity index is 639. The van der Waals surface area contributed by atoms with Crippen LogP contribution in [0.5, 0.6) is 5.75 Å². The van der Waals surface area contributed by atoms with Crippen LogP contribution in [0.1, 0.15) is 11.1 Å². The lowest BCUT2D eigenvalue weighted by atomic mass is 10.1. The van der Waals surface area contributed by atoms with Gasteiger partial charge in [-0.25, -0.2) is 4.79 Å². The molecule has 0 spiro atoms. The normalized spacial score (nSPS) is 10.1. The van der Waals surface area contributed by atoms with Gasteiger partial charge >= 0.3 is 6.03 Å². The van der Waals surface area contributed by atoms with E-state index < -0.39 is 0 Å². The number of amides is 2. The summed E-state index contributed by atoms with van der Waals surface area (Å²) in [7, 11) is 0. The zero-order valence-corrected chi connectivity index (χ0v) is 14.2. The fourth-order valence-corrected chi connectivity index (χ4v) is 2.49. The zero-order valence-electron chi connectivity index (χ0n) is 12.7. The van der Waals surface area contributed by atoms with Crippen LogP contribution < -0.4 is 15.4 Å². The average Bonchev–Trinajstić information content (AvgIpc) is 2.46. The highest BCUT2D eigenvalue weighted by Crippen LogP contribution is 2.21. The second-order valence-electron chi connectivity index (χ2n) is 4.96. The third-order valence-corrected chi connectivity index (χ3v) is 3.62. The number of carbonyl (C=O) groups excluding carboxylic acids is 1. The number of halogens is 1. The number of hydrogen-bond donors (Lipinski definition) is 2. The minimum atomic E-state index is -0.247. The molecule has 0 aliphatic rings. The lowest BCUT2D eigenvalue weighted by Crippen LogP contribution is -2.32. The van der Waals surface area contributed by atoms with Gasteiger partial charge in [0.1, 0.15) is 12.4 Å². The molecule has 0 aromatic heterocycles. The molecule has 22 heavy (non-hydrogen) atoms. The number of anilines is 1. The highest BCUT2D eigenvalue weighted by Gasteiger charge is 2.04. The summed E-state index contributed by atoms with van der Waals surface area (Å²) in [6.45, 7) is 4.89. The molecule has 0 aliphatic carbocycles. The first-order valence-electron chi connectivity index (χ1n) is 7.05. The van der Waals surface area contributed by atoms with Crippen molar-refractivity contribution in [1.29, 1.82) is 0 Å². The van der Waals surface area contributed by atoms with Crippen molar-refractivity contribution in [3.8, 4) is 5.75 Å². The van der Waals surface area contributed by atoms with Crippen molar-refractivity contribution >= 4 is 27.6 Å². The summed E-state index contributed by atoms with van der Waals surface area (Å²) >= 11 is 3.36. The number of benzene rings is 2. The van der Waals surface area contributed by atoms with Gasteiger partial charge in [-0.3, -0.25) is 0 Å². The predicted octanol–water partition coefficient (Wildman–Crippen LogP) is 4.27. The molecule has 0 saturated carbocycles. The Morgan fingerprint density at radius 3 is 2.50 bits per heavy atom. The van der Waals surface area contributed by atoms with Crippen molar-refractivity contribution < 1.29 is 9.53 Å². The fraction of sp³-hybridized carbons (Fsp3) is 0.235. The lowest BCUT2D eigenvalue weighted by molar-refractivity contribution is 0.247. The third-order valence-electron chi connectivity index (χ3n) is 3.13. The number of nitrogens with one attached hydrogen (secondary N) is 2. The van der Waals surface area contributed by atoms with E-state index in [-0.39, 0.29) is 6.03 Å². The number of para-hydroxylation sites is 1. The van der Waals surface area contributed by atoms with E-state index in [1.807, 2.05) is 56.3 Å². The average molecular weight is 363 g/mol. The summed E-state index contributed by atoms with van der Waals surface area (Å²) in [5.41, 5.74) is 2.93. The van der Waals surface area contributed by atoms with E-state index in [4.69, 9.17) is 4.74 Å². The first kappa shape index (κ1) is 16.4. The van der Waals surface area contributed by atoms with Crippen molar-refractivity contribution in [2.24, 2.45) is 0 Å². The van der Waals surface area contributed by atoms with Crippen LogP contribution in [0.3, 0.4) is 0 Å². The number of urea groups is 1. The SMILES string of the molecule is Cc1cccc(C)c1OCCNC(=O)Nc1cccc(Br)c1. The summed E-state index contributed by atoms with van der Waals surface area (Å²) in [5.74, 6) is 0.886. The van der Waals surface area contributed by atoms with Crippen LogP contribution in [-0.2, 0) is 0 Å². The van der Waals surface area contributed by atoms with Gasteiger partial charge in [0.05, 0.1) is 6.54 Å². The highest BCUT2D eigenvalue weighted by atomic mass is 79.9. The number of hydrogen-bond acceptors (Lipinski definition) is 2. The van der Waals surface area contributed by atoms with Crippen LogP contribution in [0.4, 0.5) is 10.5 Å². The number of ether oxygens (including phenoxy) is 1. The van der Waals surface area contributed by atoms with E-state index in [1.54, 1.807) is 0 Å². The maximum absolute atomic E-state index is 11.8. The van der Waals surface area contributed by atoms with Gasteiger partial charge in [0, 0.05) is 10.2 Å². The minimum absolute atomic E-state index is 0.247. The smallest absolute Gasteiger partial charge is 0.319 e. The monoisotopic (exact) mass is 362 g/mol. The van der Waals surface area contributed by atoms with Crippen LogP contribution in [0.25, 0.3) is 0 Å². The second-order valence-corrected chi connectivity index (χ2v) is 5.88. The van der Waals surface area contributed by atoms with E-state index >= 15 is 0 Å². The van der Waals surface area contributed by atoms with Gasteiger partial charge in [-0.15, -0.1) is 0 Å². The fourth-order valence-electron chi connectivity index (χ4n) is 2.09. The van der Waals surface area contributed by atoms with Gasteiger partial charge in [-0.2, -0.15) is 0 Å². The van der Waals surface area contributed by atoms with Crippen LogP contribution in [0, 0.1) is 13.8 Å². The van der Waals surface area contributed by atoms with Crippen LogP contribution in [0.2, 0.25) is 0 Å². The van der Waals surface area contributed by atoms with Crippen molar-refractivity contribution in [3.05, 3.63) is 58.1 Å². The molecule has 2 N–H and O–H groups in total. The molecule has 0 heterocycles. The summed E-state index contributed by atoms with van der Waals surface area (Å²) in [6.07, 6.45) is 0. The molecule has 0 aliphatic heterocycles. The molecule has 0 saturated heterocycles. The number of carbonyl (C=O) groups is 1. The molecule has 2 aromatic carbocycles. The Balaban J connectivity index is 1.76. The van der Waals surface area contributed by atoms with Gasteiger partial charge in [-0.05, 0) is 43.2 Å². The van der Waals surface area contributed by atoms with Crippen LogP contribution in [-0.4, -0.2) is 19.2 Å². The standard InChI is InChI=1S/C17H19BrN2O2/c1-12-5-3-6-13(2)16(12)22-10-9-19-17(21)20-15-8-4-7-14(18)11-15/h3-8,11H,9-10H2,1-2H3,(H2,19,20,21). The molecule has 2 aromatic rings. The van der Waals surface area contributed by atoms with E-state index in [0.29, 0.717) is 13.2 Å². The maximum Gasteiger partial charge on any atom is 0.319 e. The van der Waals surface area contributed by atoms with Crippen LogP contribution >= 0.6 is 15.9 Å². The Morgan fingerprint density at radius 1 is 1.14 bits per heavy atom. The molecule has 2 rings (SSSR count). The molecule has 5 heteroatoms.